The smallest absolute Gasteiger partial charge is 0.223 e. The predicted octanol–water partition coefficient (Wildman–Crippen LogP) is 1.17. The summed E-state index contributed by atoms with van der Waals surface area (Å²) in [4.78, 5) is 7.48. The van der Waals surface area contributed by atoms with Crippen LogP contribution in [-0.4, -0.2) is 11.9 Å². The lowest BCUT2D eigenvalue weighted by atomic mass is 10.0. The van der Waals surface area contributed by atoms with Gasteiger partial charge in [-0.25, -0.2) is 9.38 Å². The summed E-state index contributed by atoms with van der Waals surface area (Å²) in [5.74, 6) is -0.785. The van der Waals surface area contributed by atoms with Crippen LogP contribution in [0.3, 0.4) is 0 Å². The average Bonchev–Trinajstić information content (AvgIpc) is 2.30. The quantitative estimate of drug-likeness (QED) is 0.555. The highest BCUT2D eigenvalue weighted by atomic mass is 19.1. The molecule has 0 spiro atoms. The van der Waals surface area contributed by atoms with Gasteiger partial charge < -0.3 is 17.2 Å². The Morgan fingerprint density at radius 2 is 1.83 bits per heavy atom. The lowest BCUT2D eigenvalue weighted by Gasteiger charge is -2.08. The summed E-state index contributed by atoms with van der Waals surface area (Å²) in [7, 11) is 0. The van der Waals surface area contributed by atoms with Gasteiger partial charge in [-0.2, -0.15) is 4.99 Å². The van der Waals surface area contributed by atoms with E-state index in [4.69, 9.17) is 17.2 Å². The summed E-state index contributed by atoms with van der Waals surface area (Å²) in [6.07, 6.45) is 1.41. The van der Waals surface area contributed by atoms with Crippen molar-refractivity contribution >= 4 is 17.6 Å². The molecule has 0 fully saturated rings. The van der Waals surface area contributed by atoms with Gasteiger partial charge in [0.15, 0.2) is 5.96 Å². The molecule has 6 heteroatoms. The second kappa shape index (κ2) is 6.00. The van der Waals surface area contributed by atoms with E-state index in [1.54, 1.807) is 0 Å². The summed E-state index contributed by atoms with van der Waals surface area (Å²) in [5.41, 5.74) is 17.7. The van der Waals surface area contributed by atoms with E-state index in [9.17, 15) is 4.39 Å². The van der Waals surface area contributed by atoms with Crippen LogP contribution in [0.15, 0.2) is 22.1 Å². The van der Waals surface area contributed by atoms with Crippen LogP contribution in [0, 0.1) is 5.82 Å². The second-order valence-corrected chi connectivity index (χ2v) is 3.80. The van der Waals surface area contributed by atoms with Crippen LogP contribution in [0.25, 0.3) is 0 Å². The SMILES string of the molecule is CCc1cc(F)c(N=C(N)N=C(N)N)c(CC)c1. The first-order valence-electron chi connectivity index (χ1n) is 5.73. The first-order chi connectivity index (χ1) is 8.47. The van der Waals surface area contributed by atoms with E-state index < -0.39 is 5.82 Å². The molecule has 0 atom stereocenters. The first-order valence-corrected chi connectivity index (χ1v) is 5.73. The summed E-state index contributed by atoms with van der Waals surface area (Å²) in [6.45, 7) is 3.88. The molecule has 0 aromatic heterocycles. The first kappa shape index (κ1) is 14.0. The minimum atomic E-state index is -0.417. The fraction of sp³-hybridized carbons (Fsp3) is 0.333. The molecule has 6 N–H and O–H groups in total. The van der Waals surface area contributed by atoms with Crippen molar-refractivity contribution in [1.29, 1.82) is 0 Å². The van der Waals surface area contributed by atoms with Gasteiger partial charge in [0.2, 0.25) is 5.96 Å². The Morgan fingerprint density at radius 3 is 2.33 bits per heavy atom. The molecule has 0 heterocycles. The summed E-state index contributed by atoms with van der Waals surface area (Å²) >= 11 is 0. The molecule has 1 aromatic carbocycles. The van der Waals surface area contributed by atoms with Crippen LogP contribution < -0.4 is 17.2 Å². The normalized spacial score (nSPS) is 11.4. The maximum Gasteiger partial charge on any atom is 0.223 e. The highest BCUT2D eigenvalue weighted by Crippen LogP contribution is 2.26. The van der Waals surface area contributed by atoms with Crippen molar-refractivity contribution in [3.63, 3.8) is 0 Å². The Labute approximate surface area is 106 Å². The summed E-state index contributed by atoms with van der Waals surface area (Å²) in [5, 5.41) is 0. The van der Waals surface area contributed by atoms with Crippen molar-refractivity contribution in [2.45, 2.75) is 26.7 Å². The molecule has 18 heavy (non-hydrogen) atoms. The number of aliphatic imine (C=N–C) groups is 2. The molecule has 0 aliphatic heterocycles. The van der Waals surface area contributed by atoms with Crippen LogP contribution >= 0.6 is 0 Å². The van der Waals surface area contributed by atoms with Gasteiger partial charge in [-0.05, 0) is 30.0 Å². The van der Waals surface area contributed by atoms with Crippen molar-refractivity contribution in [3.8, 4) is 0 Å². The molecular weight excluding hydrogens is 233 g/mol. The third kappa shape index (κ3) is 3.44. The zero-order valence-corrected chi connectivity index (χ0v) is 10.6. The Morgan fingerprint density at radius 1 is 1.17 bits per heavy atom. The van der Waals surface area contributed by atoms with E-state index in [0.717, 1.165) is 17.5 Å². The van der Waals surface area contributed by atoms with Gasteiger partial charge in [-0.15, -0.1) is 0 Å². The molecule has 98 valence electrons. The number of rotatable bonds is 3. The number of halogens is 1. The van der Waals surface area contributed by atoms with Gasteiger partial charge in [0.25, 0.3) is 0 Å². The van der Waals surface area contributed by atoms with Crippen LogP contribution in [0.1, 0.15) is 25.0 Å². The number of benzene rings is 1. The minimum absolute atomic E-state index is 0.159. The molecule has 0 saturated heterocycles. The van der Waals surface area contributed by atoms with Gasteiger partial charge >= 0.3 is 0 Å². The Balaban J connectivity index is 3.28. The molecule has 1 rings (SSSR count). The lowest BCUT2D eigenvalue weighted by Crippen LogP contribution is -2.26. The summed E-state index contributed by atoms with van der Waals surface area (Å²) < 4.78 is 13.9. The fourth-order valence-corrected chi connectivity index (χ4v) is 1.59. The van der Waals surface area contributed by atoms with Gasteiger partial charge in [-0.3, -0.25) is 0 Å². The number of guanidine groups is 2. The standard InChI is InChI=1S/C12H18FN5/c1-3-7-5-8(4-2)10(9(13)6-7)17-12(16)18-11(14)15/h5-6H,3-4H2,1-2H3,(H6,14,15,16,17,18). The molecule has 5 nitrogen and oxygen atoms in total. The lowest BCUT2D eigenvalue weighted by molar-refractivity contribution is 0.625. The molecule has 0 radical (unpaired) electrons. The van der Waals surface area contributed by atoms with E-state index in [0.29, 0.717) is 6.42 Å². The third-order valence-electron chi connectivity index (χ3n) is 2.46. The Kier molecular flexibility index (Phi) is 4.65. The number of nitrogens with two attached hydrogens (primary N) is 3. The van der Waals surface area contributed by atoms with E-state index >= 15 is 0 Å². The van der Waals surface area contributed by atoms with Crippen LogP contribution in [0.2, 0.25) is 0 Å². The molecular formula is C12H18FN5. The largest absolute Gasteiger partial charge is 0.370 e. The van der Waals surface area contributed by atoms with E-state index in [2.05, 4.69) is 9.98 Å². The minimum Gasteiger partial charge on any atom is -0.370 e. The van der Waals surface area contributed by atoms with Gasteiger partial charge in [0.05, 0.1) is 0 Å². The van der Waals surface area contributed by atoms with E-state index in [1.165, 1.54) is 6.07 Å². The number of hydrogen-bond donors (Lipinski definition) is 3. The zero-order chi connectivity index (χ0) is 13.7. The number of aryl methyl sites for hydroxylation is 2. The van der Waals surface area contributed by atoms with Gasteiger partial charge in [-0.1, -0.05) is 19.9 Å². The fourth-order valence-electron chi connectivity index (χ4n) is 1.59. The van der Waals surface area contributed by atoms with Gasteiger partial charge in [0.1, 0.15) is 11.5 Å². The molecule has 0 saturated carbocycles. The molecule has 0 amide bonds. The molecule has 0 aliphatic rings. The highest BCUT2D eigenvalue weighted by Gasteiger charge is 2.09. The van der Waals surface area contributed by atoms with E-state index in [-0.39, 0.29) is 17.6 Å². The predicted molar refractivity (Wildman–Crippen MR) is 72.2 cm³/mol. The van der Waals surface area contributed by atoms with Crippen molar-refractivity contribution in [1.82, 2.24) is 0 Å². The van der Waals surface area contributed by atoms with Crippen molar-refractivity contribution < 1.29 is 4.39 Å². The van der Waals surface area contributed by atoms with Crippen LogP contribution in [0.5, 0.6) is 0 Å². The third-order valence-corrected chi connectivity index (χ3v) is 2.46. The van der Waals surface area contributed by atoms with Crippen molar-refractivity contribution in [2.75, 3.05) is 0 Å². The number of nitrogens with zero attached hydrogens (tertiary/aromatic N) is 2. The average molecular weight is 251 g/mol. The number of hydrogen-bond acceptors (Lipinski definition) is 1. The van der Waals surface area contributed by atoms with E-state index in [1.807, 2.05) is 19.9 Å². The Hall–Kier alpha value is -2.11. The second-order valence-electron chi connectivity index (χ2n) is 3.80. The molecule has 0 unspecified atom stereocenters. The molecule has 0 aliphatic carbocycles. The van der Waals surface area contributed by atoms with Crippen LogP contribution in [-0.2, 0) is 12.8 Å². The zero-order valence-electron chi connectivity index (χ0n) is 10.6. The van der Waals surface area contributed by atoms with Crippen LogP contribution in [0.4, 0.5) is 10.1 Å². The van der Waals surface area contributed by atoms with Crippen molar-refractivity contribution in [2.24, 2.45) is 27.2 Å². The maximum atomic E-state index is 13.9. The Bertz CT molecular complexity index is 489. The van der Waals surface area contributed by atoms with Crippen molar-refractivity contribution in [3.05, 3.63) is 29.1 Å². The van der Waals surface area contributed by atoms with Gasteiger partial charge in [0, 0.05) is 0 Å². The summed E-state index contributed by atoms with van der Waals surface area (Å²) in [6, 6.07) is 3.35. The molecule has 0 bridgehead atoms. The topological polar surface area (TPSA) is 103 Å². The molecule has 1 aromatic rings. The monoisotopic (exact) mass is 251 g/mol. The highest BCUT2D eigenvalue weighted by molar-refractivity contribution is 5.93. The maximum absolute atomic E-state index is 13.9.